The van der Waals surface area contributed by atoms with Crippen LogP contribution in [-0.2, 0) is 11.8 Å². The van der Waals surface area contributed by atoms with Crippen LogP contribution in [0.15, 0.2) is 42.0 Å². The summed E-state index contributed by atoms with van der Waals surface area (Å²) in [5.41, 5.74) is 6.35. The number of fused-ring (bicyclic) bond motifs is 3. The molecule has 2 atom stereocenters. The summed E-state index contributed by atoms with van der Waals surface area (Å²) in [6.07, 6.45) is 9.63. The summed E-state index contributed by atoms with van der Waals surface area (Å²) in [4.78, 5) is 0. The molecule has 1 aromatic carbocycles. The Kier molecular flexibility index (Phi) is 2.92. The van der Waals surface area contributed by atoms with Crippen LogP contribution in [0.25, 0.3) is 0 Å². The van der Waals surface area contributed by atoms with Gasteiger partial charge in [-0.3, -0.25) is 0 Å². The Morgan fingerprint density at radius 1 is 1.21 bits per heavy atom. The molecule has 0 spiro atoms. The molecule has 0 heteroatoms. The Morgan fingerprint density at radius 3 is 2.68 bits per heavy atom. The first-order chi connectivity index (χ1) is 8.99. The van der Waals surface area contributed by atoms with E-state index in [-0.39, 0.29) is 5.41 Å². The minimum absolute atomic E-state index is 0.253. The predicted octanol–water partition coefficient (Wildman–Crippen LogP) is 5.15. The average Bonchev–Trinajstić information content (AvgIpc) is 2.73. The molecule has 0 radical (unpaired) electrons. The standard InChI is InChI=1S/C19H24/c1-5-13-6-8-17-14(10-13)11-15-12-16(19(2,3)4)7-9-18(15)17/h6-10,12,14,17H,5,11H2,1-4H3. The van der Waals surface area contributed by atoms with E-state index in [1.165, 1.54) is 17.6 Å². The molecule has 0 saturated heterocycles. The van der Waals surface area contributed by atoms with Gasteiger partial charge in [0, 0.05) is 5.92 Å². The normalized spacial score (nSPS) is 24.9. The lowest BCUT2D eigenvalue weighted by Gasteiger charge is -2.21. The van der Waals surface area contributed by atoms with E-state index in [0.717, 1.165) is 6.42 Å². The second-order valence-corrected chi connectivity index (χ2v) is 7.01. The topological polar surface area (TPSA) is 0 Å². The van der Waals surface area contributed by atoms with Crippen LogP contribution in [0, 0.1) is 5.92 Å². The van der Waals surface area contributed by atoms with Gasteiger partial charge < -0.3 is 0 Å². The van der Waals surface area contributed by atoms with Crippen LogP contribution in [0.4, 0.5) is 0 Å². The molecule has 0 aromatic heterocycles. The number of rotatable bonds is 1. The Morgan fingerprint density at radius 2 is 2.00 bits per heavy atom. The quantitative estimate of drug-likeness (QED) is 0.648. The van der Waals surface area contributed by atoms with Crippen LogP contribution in [0.1, 0.15) is 56.7 Å². The highest BCUT2D eigenvalue weighted by molar-refractivity contribution is 5.47. The predicted molar refractivity (Wildman–Crippen MR) is 82.6 cm³/mol. The largest absolute Gasteiger partial charge is 0.0770 e. The molecule has 0 nitrogen and oxygen atoms in total. The van der Waals surface area contributed by atoms with Gasteiger partial charge in [-0.15, -0.1) is 0 Å². The summed E-state index contributed by atoms with van der Waals surface area (Å²) >= 11 is 0. The van der Waals surface area contributed by atoms with Gasteiger partial charge >= 0.3 is 0 Å². The Balaban J connectivity index is 1.97. The van der Waals surface area contributed by atoms with Crippen molar-refractivity contribution in [2.75, 3.05) is 0 Å². The zero-order valence-electron chi connectivity index (χ0n) is 12.5. The zero-order chi connectivity index (χ0) is 13.6. The molecular formula is C19H24. The Labute approximate surface area is 117 Å². The van der Waals surface area contributed by atoms with Gasteiger partial charge in [0.1, 0.15) is 0 Å². The number of allylic oxidation sites excluding steroid dienone is 4. The SMILES string of the molecule is CCC1=CC2Cc3cc(C(C)(C)C)ccc3C2C=C1. The van der Waals surface area contributed by atoms with Crippen LogP contribution < -0.4 is 0 Å². The van der Waals surface area contributed by atoms with Gasteiger partial charge in [-0.25, -0.2) is 0 Å². The van der Waals surface area contributed by atoms with Crippen LogP contribution in [0.5, 0.6) is 0 Å². The highest BCUT2D eigenvalue weighted by Gasteiger charge is 2.31. The van der Waals surface area contributed by atoms with Crippen LogP contribution in [0.3, 0.4) is 0 Å². The fraction of sp³-hybridized carbons (Fsp3) is 0.474. The summed E-state index contributed by atoms with van der Waals surface area (Å²) < 4.78 is 0. The molecule has 19 heavy (non-hydrogen) atoms. The molecule has 2 unspecified atom stereocenters. The maximum atomic E-state index is 2.50. The highest BCUT2D eigenvalue weighted by atomic mass is 14.4. The third-order valence-corrected chi connectivity index (χ3v) is 4.64. The number of hydrogen-bond acceptors (Lipinski definition) is 0. The first kappa shape index (κ1) is 12.7. The van der Waals surface area contributed by atoms with Crippen molar-refractivity contribution < 1.29 is 0 Å². The third-order valence-electron chi connectivity index (χ3n) is 4.64. The van der Waals surface area contributed by atoms with E-state index < -0.39 is 0 Å². The van der Waals surface area contributed by atoms with Crippen molar-refractivity contribution in [2.45, 2.75) is 51.9 Å². The fourth-order valence-electron chi connectivity index (χ4n) is 3.39. The first-order valence-corrected chi connectivity index (χ1v) is 7.51. The summed E-state index contributed by atoms with van der Waals surface area (Å²) in [6, 6.07) is 7.14. The molecule has 0 amide bonds. The van der Waals surface area contributed by atoms with Crippen molar-refractivity contribution in [1.82, 2.24) is 0 Å². The lowest BCUT2D eigenvalue weighted by molar-refractivity contribution is 0.589. The summed E-state index contributed by atoms with van der Waals surface area (Å²) in [7, 11) is 0. The van der Waals surface area contributed by atoms with Gasteiger partial charge in [-0.1, -0.05) is 69.7 Å². The van der Waals surface area contributed by atoms with E-state index >= 15 is 0 Å². The maximum absolute atomic E-state index is 2.50. The molecule has 2 aliphatic carbocycles. The molecule has 0 fully saturated rings. The molecule has 0 saturated carbocycles. The van der Waals surface area contributed by atoms with Gasteiger partial charge in [0.2, 0.25) is 0 Å². The molecule has 1 aromatic rings. The zero-order valence-corrected chi connectivity index (χ0v) is 12.5. The highest BCUT2D eigenvalue weighted by Crippen LogP contribution is 2.43. The second kappa shape index (κ2) is 4.37. The molecule has 0 N–H and O–H groups in total. The minimum Gasteiger partial charge on any atom is -0.0770 e. The summed E-state index contributed by atoms with van der Waals surface area (Å²) in [5, 5.41) is 0. The molecular weight excluding hydrogens is 228 g/mol. The van der Waals surface area contributed by atoms with E-state index in [1.807, 2.05) is 0 Å². The number of hydrogen-bond donors (Lipinski definition) is 0. The van der Waals surface area contributed by atoms with E-state index in [9.17, 15) is 0 Å². The summed E-state index contributed by atoms with van der Waals surface area (Å²) in [6.45, 7) is 9.14. The van der Waals surface area contributed by atoms with Crippen molar-refractivity contribution in [3.63, 3.8) is 0 Å². The van der Waals surface area contributed by atoms with Crippen LogP contribution in [0.2, 0.25) is 0 Å². The molecule has 3 rings (SSSR count). The molecule has 100 valence electrons. The minimum atomic E-state index is 0.253. The van der Waals surface area contributed by atoms with Crippen LogP contribution in [-0.4, -0.2) is 0 Å². The Hall–Kier alpha value is -1.30. The molecule has 0 aliphatic heterocycles. The van der Waals surface area contributed by atoms with Crippen molar-refractivity contribution in [3.8, 4) is 0 Å². The molecule has 0 heterocycles. The first-order valence-electron chi connectivity index (χ1n) is 7.51. The van der Waals surface area contributed by atoms with E-state index in [0.29, 0.717) is 11.8 Å². The third kappa shape index (κ3) is 2.18. The van der Waals surface area contributed by atoms with Crippen molar-refractivity contribution in [2.24, 2.45) is 5.92 Å². The fourth-order valence-corrected chi connectivity index (χ4v) is 3.39. The average molecular weight is 252 g/mol. The lowest BCUT2D eigenvalue weighted by Crippen LogP contribution is -2.11. The van der Waals surface area contributed by atoms with E-state index in [4.69, 9.17) is 0 Å². The van der Waals surface area contributed by atoms with Gasteiger partial charge in [-0.05, 0) is 40.9 Å². The Bertz CT molecular complexity index is 552. The lowest BCUT2D eigenvalue weighted by atomic mass is 9.84. The second-order valence-electron chi connectivity index (χ2n) is 7.01. The maximum Gasteiger partial charge on any atom is 0.00901 e. The van der Waals surface area contributed by atoms with E-state index in [2.05, 4.69) is 64.1 Å². The van der Waals surface area contributed by atoms with Gasteiger partial charge in [0.05, 0.1) is 0 Å². The van der Waals surface area contributed by atoms with Gasteiger partial charge in [0.15, 0.2) is 0 Å². The van der Waals surface area contributed by atoms with Crippen molar-refractivity contribution >= 4 is 0 Å². The van der Waals surface area contributed by atoms with Crippen molar-refractivity contribution in [1.29, 1.82) is 0 Å². The molecule has 0 bridgehead atoms. The smallest absolute Gasteiger partial charge is 0.00901 e. The van der Waals surface area contributed by atoms with Gasteiger partial charge in [-0.2, -0.15) is 0 Å². The van der Waals surface area contributed by atoms with Crippen molar-refractivity contribution in [3.05, 3.63) is 58.7 Å². The molecule has 2 aliphatic rings. The van der Waals surface area contributed by atoms with E-state index in [1.54, 1.807) is 11.1 Å². The number of benzene rings is 1. The van der Waals surface area contributed by atoms with Crippen LogP contribution >= 0.6 is 0 Å². The van der Waals surface area contributed by atoms with Gasteiger partial charge in [0.25, 0.3) is 0 Å². The summed E-state index contributed by atoms with van der Waals surface area (Å²) in [5.74, 6) is 1.32. The monoisotopic (exact) mass is 252 g/mol.